The van der Waals surface area contributed by atoms with Crippen molar-refractivity contribution in [3.8, 4) is 11.8 Å². The molecule has 0 saturated heterocycles. The number of pyridine rings is 1. The highest BCUT2D eigenvalue weighted by Crippen LogP contribution is 2.17. The highest BCUT2D eigenvalue weighted by molar-refractivity contribution is 7.99. The molecule has 3 nitrogen and oxygen atoms in total. The number of benzene rings is 1. The molecule has 0 aliphatic carbocycles. The van der Waals surface area contributed by atoms with E-state index < -0.39 is 5.97 Å². The Labute approximate surface area is 115 Å². The van der Waals surface area contributed by atoms with Crippen LogP contribution in [-0.2, 0) is 0 Å². The van der Waals surface area contributed by atoms with Gasteiger partial charge in [-0.05, 0) is 24.3 Å². The smallest absolute Gasteiger partial charge is 0.354 e. The van der Waals surface area contributed by atoms with Gasteiger partial charge >= 0.3 is 5.97 Å². The number of aromatic carboxylic acids is 1. The van der Waals surface area contributed by atoms with Crippen LogP contribution in [0.2, 0.25) is 0 Å². The maximum absolute atomic E-state index is 10.8. The minimum absolute atomic E-state index is 0.0565. The van der Waals surface area contributed by atoms with Gasteiger partial charge in [-0.25, -0.2) is 9.78 Å². The first kappa shape index (κ1) is 13.2. The van der Waals surface area contributed by atoms with Crippen LogP contribution in [0, 0.1) is 11.8 Å². The first-order valence-corrected chi connectivity index (χ1v) is 6.60. The average Bonchev–Trinajstić information content (AvgIpc) is 2.45. The molecular weight excluding hydrogens is 258 g/mol. The van der Waals surface area contributed by atoms with Crippen molar-refractivity contribution in [1.82, 2.24) is 4.98 Å². The highest BCUT2D eigenvalue weighted by Gasteiger charge is 2.04. The van der Waals surface area contributed by atoms with Crippen LogP contribution in [0.4, 0.5) is 0 Å². The van der Waals surface area contributed by atoms with E-state index >= 15 is 0 Å². The molecule has 0 fully saturated rings. The van der Waals surface area contributed by atoms with Gasteiger partial charge in [0.25, 0.3) is 0 Å². The number of carboxylic acid groups (broad SMARTS) is 1. The number of hydrogen-bond donors (Lipinski definition) is 1. The molecule has 94 valence electrons. The average molecular weight is 269 g/mol. The van der Waals surface area contributed by atoms with Crippen LogP contribution in [0.25, 0.3) is 0 Å². The Balaban J connectivity index is 1.95. The monoisotopic (exact) mass is 269 g/mol. The van der Waals surface area contributed by atoms with Crippen molar-refractivity contribution in [2.24, 2.45) is 0 Å². The van der Waals surface area contributed by atoms with E-state index in [1.807, 2.05) is 30.3 Å². The molecule has 0 bridgehead atoms. The number of rotatable bonds is 3. The summed E-state index contributed by atoms with van der Waals surface area (Å²) in [4.78, 5) is 15.4. The predicted molar refractivity (Wildman–Crippen MR) is 75.2 cm³/mol. The van der Waals surface area contributed by atoms with Crippen molar-refractivity contribution in [3.63, 3.8) is 0 Å². The van der Waals surface area contributed by atoms with Crippen molar-refractivity contribution in [1.29, 1.82) is 0 Å². The van der Waals surface area contributed by atoms with Gasteiger partial charge in [-0.15, -0.1) is 11.8 Å². The molecular formula is C15H11NO2S. The molecule has 0 aliphatic heterocycles. The standard InChI is InChI=1S/C15H11NO2S/c17-15(18)14-11-13(8-9-16-14)19-10-4-7-12-5-2-1-3-6-12/h1-3,5-6,8-9,11H,10H2,(H,17,18). The summed E-state index contributed by atoms with van der Waals surface area (Å²) in [5.74, 6) is 5.69. The summed E-state index contributed by atoms with van der Waals surface area (Å²) in [6.45, 7) is 0. The molecule has 0 amide bonds. The number of carbonyl (C=O) groups is 1. The van der Waals surface area contributed by atoms with Crippen molar-refractivity contribution in [3.05, 3.63) is 59.9 Å². The molecule has 0 unspecified atom stereocenters. The SMILES string of the molecule is O=C(O)c1cc(SCC#Cc2ccccc2)ccn1. The molecule has 1 aromatic carbocycles. The van der Waals surface area contributed by atoms with Gasteiger partial charge in [-0.1, -0.05) is 30.0 Å². The van der Waals surface area contributed by atoms with Gasteiger partial charge in [0.15, 0.2) is 0 Å². The molecule has 0 spiro atoms. The van der Waals surface area contributed by atoms with E-state index in [-0.39, 0.29) is 5.69 Å². The highest BCUT2D eigenvalue weighted by atomic mass is 32.2. The van der Waals surface area contributed by atoms with Gasteiger partial charge in [0.1, 0.15) is 5.69 Å². The van der Waals surface area contributed by atoms with E-state index in [9.17, 15) is 4.79 Å². The van der Waals surface area contributed by atoms with E-state index in [0.29, 0.717) is 5.75 Å². The quantitative estimate of drug-likeness (QED) is 0.687. The van der Waals surface area contributed by atoms with E-state index in [1.165, 1.54) is 18.0 Å². The van der Waals surface area contributed by atoms with E-state index in [0.717, 1.165) is 10.5 Å². The lowest BCUT2D eigenvalue weighted by Gasteiger charge is -1.98. The molecule has 2 rings (SSSR count). The van der Waals surface area contributed by atoms with Gasteiger partial charge in [-0.2, -0.15) is 0 Å². The maximum Gasteiger partial charge on any atom is 0.354 e. The predicted octanol–water partition coefficient (Wildman–Crippen LogP) is 2.92. The zero-order valence-corrected chi connectivity index (χ0v) is 10.9. The van der Waals surface area contributed by atoms with Crippen molar-refractivity contribution in [2.75, 3.05) is 5.75 Å². The van der Waals surface area contributed by atoms with Crippen LogP contribution < -0.4 is 0 Å². The zero-order chi connectivity index (χ0) is 13.5. The topological polar surface area (TPSA) is 50.2 Å². The summed E-state index contributed by atoms with van der Waals surface area (Å²) >= 11 is 1.49. The molecule has 0 radical (unpaired) electrons. The Kier molecular flexibility index (Phi) is 4.60. The number of hydrogen-bond acceptors (Lipinski definition) is 3. The maximum atomic E-state index is 10.8. The van der Waals surface area contributed by atoms with Crippen LogP contribution in [0.1, 0.15) is 16.1 Å². The molecule has 4 heteroatoms. The summed E-state index contributed by atoms with van der Waals surface area (Å²) < 4.78 is 0. The van der Waals surface area contributed by atoms with Crippen LogP contribution >= 0.6 is 11.8 Å². The lowest BCUT2D eigenvalue weighted by Crippen LogP contribution is -1.99. The van der Waals surface area contributed by atoms with Gasteiger partial charge in [0.2, 0.25) is 0 Å². The number of carboxylic acids is 1. The zero-order valence-electron chi connectivity index (χ0n) is 10.0. The molecule has 1 heterocycles. The minimum Gasteiger partial charge on any atom is -0.477 e. The van der Waals surface area contributed by atoms with E-state index in [1.54, 1.807) is 12.1 Å². The Hall–Kier alpha value is -2.25. The Morgan fingerprint density at radius 3 is 2.79 bits per heavy atom. The summed E-state index contributed by atoms with van der Waals surface area (Å²) in [6.07, 6.45) is 1.50. The number of aromatic nitrogens is 1. The third-order valence-corrected chi connectivity index (χ3v) is 3.14. The van der Waals surface area contributed by atoms with Crippen LogP contribution in [0.3, 0.4) is 0 Å². The van der Waals surface area contributed by atoms with Gasteiger partial charge in [0, 0.05) is 16.7 Å². The van der Waals surface area contributed by atoms with E-state index in [4.69, 9.17) is 5.11 Å². The van der Waals surface area contributed by atoms with Crippen LogP contribution in [0.15, 0.2) is 53.6 Å². The van der Waals surface area contributed by atoms with E-state index in [2.05, 4.69) is 16.8 Å². The molecule has 0 aliphatic rings. The molecule has 0 saturated carbocycles. The summed E-state index contributed by atoms with van der Waals surface area (Å²) in [5, 5.41) is 8.83. The van der Waals surface area contributed by atoms with Crippen LogP contribution in [-0.4, -0.2) is 21.8 Å². The third kappa shape index (κ3) is 4.16. The summed E-state index contributed by atoms with van der Waals surface area (Å²) in [7, 11) is 0. The second-order valence-corrected chi connectivity index (χ2v) is 4.69. The van der Waals surface area contributed by atoms with Gasteiger partial charge in [0.05, 0.1) is 5.75 Å². The van der Waals surface area contributed by atoms with Gasteiger partial charge in [-0.3, -0.25) is 0 Å². The first-order valence-electron chi connectivity index (χ1n) is 5.62. The minimum atomic E-state index is -1.02. The summed E-state index contributed by atoms with van der Waals surface area (Å²) in [6, 6.07) is 13.1. The molecule has 2 aromatic rings. The first-order chi connectivity index (χ1) is 9.25. The fraction of sp³-hybridized carbons (Fsp3) is 0.0667. The normalized spacial score (nSPS) is 9.47. The molecule has 1 aromatic heterocycles. The van der Waals surface area contributed by atoms with Crippen LogP contribution in [0.5, 0.6) is 0 Å². The lowest BCUT2D eigenvalue weighted by molar-refractivity contribution is 0.0690. The Morgan fingerprint density at radius 1 is 1.26 bits per heavy atom. The fourth-order valence-electron chi connectivity index (χ4n) is 1.40. The Bertz CT molecular complexity index is 629. The second kappa shape index (κ2) is 6.62. The fourth-order valence-corrected chi connectivity index (χ4v) is 2.06. The van der Waals surface area contributed by atoms with Crippen molar-refractivity contribution in [2.45, 2.75) is 4.90 Å². The second-order valence-electron chi connectivity index (χ2n) is 3.64. The molecule has 0 atom stereocenters. The number of nitrogens with zero attached hydrogens (tertiary/aromatic N) is 1. The largest absolute Gasteiger partial charge is 0.477 e. The van der Waals surface area contributed by atoms with Gasteiger partial charge < -0.3 is 5.11 Å². The van der Waals surface area contributed by atoms with Crippen molar-refractivity contribution >= 4 is 17.7 Å². The Morgan fingerprint density at radius 2 is 2.05 bits per heavy atom. The molecule has 19 heavy (non-hydrogen) atoms. The third-order valence-electron chi connectivity index (χ3n) is 2.27. The van der Waals surface area contributed by atoms with Crippen molar-refractivity contribution < 1.29 is 9.90 Å². The lowest BCUT2D eigenvalue weighted by atomic mass is 10.2. The molecule has 1 N–H and O–H groups in total. The summed E-state index contributed by atoms with van der Waals surface area (Å²) in [5.41, 5.74) is 1.03. The number of thioether (sulfide) groups is 1.